The van der Waals surface area contributed by atoms with Gasteiger partial charge in [0.25, 0.3) is 5.91 Å². The highest BCUT2D eigenvalue weighted by Gasteiger charge is 2.17. The number of aryl methyl sites for hydroxylation is 1. The van der Waals surface area contributed by atoms with E-state index in [1.165, 1.54) is 0 Å². The van der Waals surface area contributed by atoms with Gasteiger partial charge in [-0.05, 0) is 36.8 Å². The third kappa shape index (κ3) is 2.32. The summed E-state index contributed by atoms with van der Waals surface area (Å²) in [6.07, 6.45) is 1.56. The second-order valence-corrected chi connectivity index (χ2v) is 4.14. The Balaban J connectivity index is 2.32. The molecule has 1 heterocycles. The molecule has 18 heavy (non-hydrogen) atoms. The van der Waals surface area contributed by atoms with Gasteiger partial charge in [0.15, 0.2) is 5.69 Å². The van der Waals surface area contributed by atoms with Crippen molar-refractivity contribution in [3.8, 4) is 0 Å². The van der Waals surface area contributed by atoms with Crippen molar-refractivity contribution >= 4 is 17.3 Å². The highest BCUT2D eigenvalue weighted by Crippen LogP contribution is 2.18. The number of rotatable bonds is 2. The molecule has 0 radical (unpaired) electrons. The van der Waals surface area contributed by atoms with Crippen molar-refractivity contribution in [3.05, 3.63) is 53.9 Å². The Bertz CT molecular complexity index is 581. The van der Waals surface area contributed by atoms with E-state index in [0.717, 1.165) is 11.3 Å². The zero-order valence-electron chi connectivity index (χ0n) is 10.4. The zero-order chi connectivity index (χ0) is 13.1. The minimum atomic E-state index is -0.210. The van der Waals surface area contributed by atoms with Crippen molar-refractivity contribution in [1.82, 2.24) is 4.98 Å². The topological polar surface area (TPSA) is 59.2 Å². The average Bonchev–Trinajstić information content (AvgIpc) is 2.37. The van der Waals surface area contributed by atoms with Gasteiger partial charge >= 0.3 is 0 Å². The summed E-state index contributed by atoms with van der Waals surface area (Å²) >= 11 is 0. The SMILES string of the molecule is Cc1cccc(N(C)C(=O)c2ncccc2N)c1. The number of benzene rings is 1. The van der Waals surface area contributed by atoms with Crippen LogP contribution in [0.15, 0.2) is 42.6 Å². The molecule has 0 fully saturated rings. The molecule has 92 valence electrons. The number of nitrogens with zero attached hydrogens (tertiary/aromatic N) is 2. The standard InChI is InChI=1S/C14H15N3O/c1-10-5-3-6-11(9-10)17(2)14(18)13-12(15)7-4-8-16-13/h3-9H,15H2,1-2H3. The highest BCUT2D eigenvalue weighted by atomic mass is 16.2. The Labute approximate surface area is 106 Å². The lowest BCUT2D eigenvalue weighted by Gasteiger charge is -2.18. The van der Waals surface area contributed by atoms with E-state index in [1.54, 1.807) is 30.3 Å². The van der Waals surface area contributed by atoms with Crippen LogP contribution in [0.3, 0.4) is 0 Å². The number of pyridine rings is 1. The molecule has 0 saturated heterocycles. The number of nitrogen functional groups attached to an aromatic ring is 1. The molecule has 0 atom stereocenters. The summed E-state index contributed by atoms with van der Waals surface area (Å²) in [6.45, 7) is 1.98. The molecule has 2 aromatic rings. The lowest BCUT2D eigenvalue weighted by molar-refractivity contribution is 0.0989. The molecule has 0 unspecified atom stereocenters. The Morgan fingerprint density at radius 2 is 2.06 bits per heavy atom. The quantitative estimate of drug-likeness (QED) is 0.877. The van der Waals surface area contributed by atoms with Crippen molar-refractivity contribution in [2.45, 2.75) is 6.92 Å². The minimum Gasteiger partial charge on any atom is -0.397 e. The van der Waals surface area contributed by atoms with Crippen molar-refractivity contribution < 1.29 is 4.79 Å². The van der Waals surface area contributed by atoms with E-state index >= 15 is 0 Å². The number of carbonyl (C=O) groups is 1. The predicted octanol–water partition coefficient (Wildman–Crippen LogP) is 2.25. The maximum Gasteiger partial charge on any atom is 0.278 e. The highest BCUT2D eigenvalue weighted by molar-refractivity contribution is 6.07. The lowest BCUT2D eigenvalue weighted by Crippen LogP contribution is -2.27. The first-order valence-electron chi connectivity index (χ1n) is 5.65. The lowest BCUT2D eigenvalue weighted by atomic mass is 10.2. The van der Waals surface area contributed by atoms with Gasteiger partial charge in [-0.25, -0.2) is 4.98 Å². The Hall–Kier alpha value is -2.36. The van der Waals surface area contributed by atoms with Gasteiger partial charge in [0, 0.05) is 18.9 Å². The number of aromatic nitrogens is 1. The third-order valence-corrected chi connectivity index (χ3v) is 2.74. The fourth-order valence-corrected chi connectivity index (χ4v) is 1.71. The van der Waals surface area contributed by atoms with Crippen LogP contribution < -0.4 is 10.6 Å². The van der Waals surface area contributed by atoms with Crippen molar-refractivity contribution in [1.29, 1.82) is 0 Å². The second kappa shape index (κ2) is 4.87. The largest absolute Gasteiger partial charge is 0.397 e. The van der Waals surface area contributed by atoms with Gasteiger partial charge in [-0.2, -0.15) is 0 Å². The monoisotopic (exact) mass is 241 g/mol. The molecule has 2 rings (SSSR count). The maximum atomic E-state index is 12.3. The van der Waals surface area contributed by atoms with Gasteiger partial charge in [-0.1, -0.05) is 12.1 Å². The summed E-state index contributed by atoms with van der Waals surface area (Å²) in [5, 5.41) is 0. The summed E-state index contributed by atoms with van der Waals surface area (Å²) in [5.74, 6) is -0.210. The first-order valence-corrected chi connectivity index (χ1v) is 5.65. The van der Waals surface area contributed by atoms with E-state index in [9.17, 15) is 4.79 Å². The first kappa shape index (κ1) is 12.1. The smallest absolute Gasteiger partial charge is 0.278 e. The molecule has 1 aromatic heterocycles. The first-order chi connectivity index (χ1) is 8.59. The summed E-state index contributed by atoms with van der Waals surface area (Å²) in [7, 11) is 1.71. The summed E-state index contributed by atoms with van der Waals surface area (Å²) in [4.78, 5) is 17.8. The minimum absolute atomic E-state index is 0.210. The second-order valence-electron chi connectivity index (χ2n) is 4.14. The Morgan fingerprint density at radius 1 is 1.28 bits per heavy atom. The van der Waals surface area contributed by atoms with Crippen molar-refractivity contribution in [2.75, 3.05) is 17.7 Å². The molecule has 4 heteroatoms. The van der Waals surface area contributed by atoms with Crippen LogP contribution in [-0.2, 0) is 0 Å². The van der Waals surface area contributed by atoms with E-state index < -0.39 is 0 Å². The number of nitrogens with two attached hydrogens (primary N) is 1. The van der Waals surface area contributed by atoms with Crippen molar-refractivity contribution in [3.63, 3.8) is 0 Å². The molecule has 1 amide bonds. The predicted molar refractivity (Wildman–Crippen MR) is 72.6 cm³/mol. The number of carbonyl (C=O) groups excluding carboxylic acids is 1. The average molecular weight is 241 g/mol. The van der Waals surface area contributed by atoms with E-state index in [2.05, 4.69) is 4.98 Å². The summed E-state index contributed by atoms with van der Waals surface area (Å²) < 4.78 is 0. The normalized spacial score (nSPS) is 10.1. The van der Waals surface area contributed by atoms with Crippen LogP contribution in [0.25, 0.3) is 0 Å². The summed E-state index contributed by atoms with van der Waals surface area (Å²) in [6, 6.07) is 11.1. The van der Waals surface area contributed by atoms with E-state index in [1.807, 2.05) is 31.2 Å². The molecule has 1 aromatic carbocycles. The number of anilines is 2. The zero-order valence-corrected chi connectivity index (χ0v) is 10.4. The van der Waals surface area contributed by atoms with Crippen molar-refractivity contribution in [2.24, 2.45) is 0 Å². The molecule has 0 aliphatic carbocycles. The van der Waals surface area contributed by atoms with Gasteiger partial charge in [-0.15, -0.1) is 0 Å². The molecular formula is C14H15N3O. The van der Waals surface area contributed by atoms with Crippen LogP contribution in [0.5, 0.6) is 0 Å². The molecule has 2 N–H and O–H groups in total. The maximum absolute atomic E-state index is 12.3. The molecular weight excluding hydrogens is 226 g/mol. The van der Waals surface area contributed by atoms with Gasteiger partial charge in [-0.3, -0.25) is 4.79 Å². The molecule has 0 saturated carbocycles. The van der Waals surface area contributed by atoms with Crippen LogP contribution >= 0.6 is 0 Å². The van der Waals surface area contributed by atoms with Crippen LogP contribution in [0.4, 0.5) is 11.4 Å². The van der Waals surface area contributed by atoms with Gasteiger partial charge in [0.2, 0.25) is 0 Å². The number of amides is 1. The number of hydrogen-bond donors (Lipinski definition) is 1. The van der Waals surface area contributed by atoms with Crippen LogP contribution in [-0.4, -0.2) is 17.9 Å². The van der Waals surface area contributed by atoms with E-state index in [4.69, 9.17) is 5.73 Å². The fraction of sp³-hybridized carbons (Fsp3) is 0.143. The molecule has 0 aliphatic heterocycles. The van der Waals surface area contributed by atoms with Crippen LogP contribution in [0, 0.1) is 6.92 Å². The fourth-order valence-electron chi connectivity index (χ4n) is 1.71. The van der Waals surface area contributed by atoms with Crippen LogP contribution in [0.2, 0.25) is 0 Å². The van der Waals surface area contributed by atoms with Crippen LogP contribution in [0.1, 0.15) is 16.1 Å². The molecule has 4 nitrogen and oxygen atoms in total. The molecule has 0 aliphatic rings. The Kier molecular flexibility index (Phi) is 3.28. The third-order valence-electron chi connectivity index (χ3n) is 2.74. The number of hydrogen-bond acceptors (Lipinski definition) is 3. The molecule has 0 bridgehead atoms. The Morgan fingerprint density at radius 3 is 2.72 bits per heavy atom. The summed E-state index contributed by atoms with van der Waals surface area (Å²) in [5.41, 5.74) is 8.35. The van der Waals surface area contributed by atoms with Gasteiger partial charge in [0.1, 0.15) is 0 Å². The van der Waals surface area contributed by atoms with E-state index in [-0.39, 0.29) is 11.6 Å². The van der Waals surface area contributed by atoms with Gasteiger partial charge in [0.05, 0.1) is 5.69 Å². The van der Waals surface area contributed by atoms with E-state index in [0.29, 0.717) is 5.69 Å². The van der Waals surface area contributed by atoms with Gasteiger partial charge < -0.3 is 10.6 Å². The molecule has 0 spiro atoms.